The van der Waals surface area contributed by atoms with Crippen LogP contribution in [0.3, 0.4) is 0 Å². The number of thioether (sulfide) groups is 1. The zero-order chi connectivity index (χ0) is 14.8. The van der Waals surface area contributed by atoms with Crippen molar-refractivity contribution in [2.24, 2.45) is 5.10 Å². The Labute approximate surface area is 133 Å². The molecular formula is C10H14ClN3NiO2S2+. The SMILES string of the molecule is CSC(=[SH+])[N-]N=Cc1c(CO)cnc(C)c1[OH2+].[Cl][Ni]. The Morgan fingerprint density at radius 3 is 2.89 bits per heavy atom. The first kappa shape index (κ1) is 18.6. The number of hydrogen-bond donors (Lipinski definition) is 1. The number of aryl methyl sites for hydroxylation is 1. The third-order valence-corrected chi connectivity index (χ3v) is 3.16. The van der Waals surface area contributed by atoms with Gasteiger partial charge in [-0.3, -0.25) is 4.98 Å². The fraction of sp³-hybridized carbons (Fsp3) is 0.300. The molecule has 0 bridgehead atoms. The van der Waals surface area contributed by atoms with Crippen LogP contribution in [-0.2, 0) is 33.4 Å². The zero-order valence-electron chi connectivity index (χ0n) is 10.2. The van der Waals surface area contributed by atoms with E-state index in [0.717, 1.165) is 0 Å². The van der Waals surface area contributed by atoms with Crippen LogP contribution in [0.25, 0.3) is 5.43 Å². The number of pyridine rings is 1. The van der Waals surface area contributed by atoms with Crippen molar-refractivity contribution >= 4 is 44.7 Å². The number of aliphatic hydroxyl groups excluding tert-OH is 1. The van der Waals surface area contributed by atoms with E-state index in [1.165, 1.54) is 24.2 Å². The Kier molecular flexibility index (Phi) is 10.2. The van der Waals surface area contributed by atoms with Gasteiger partial charge in [0.05, 0.1) is 12.2 Å². The molecule has 109 valence electrons. The van der Waals surface area contributed by atoms with Gasteiger partial charge in [0, 0.05) is 18.0 Å². The number of hydrogen-bond acceptors (Lipinski definition) is 4. The first-order chi connectivity index (χ1) is 9.10. The molecule has 0 fully saturated rings. The standard InChI is InChI=1S/C10H13N3O2S2.ClH.Ni/c1-6-9(15)8(7(5-14)3-11-6)4-12-13-10(16)17-2;;/h3-4,14H,5H2,1-2H3,(H2,11,12,13,15,16);1H;/q;;+1. The van der Waals surface area contributed by atoms with Crippen LogP contribution in [0.5, 0.6) is 5.75 Å². The monoisotopic (exact) mass is 365 g/mol. The normalized spacial score (nSPS) is 10.0. The van der Waals surface area contributed by atoms with Crippen molar-refractivity contribution < 1.29 is 24.8 Å². The van der Waals surface area contributed by atoms with Gasteiger partial charge in [-0.15, -0.1) is 0 Å². The van der Waals surface area contributed by atoms with Crippen molar-refractivity contribution in [2.75, 3.05) is 6.26 Å². The molecule has 0 aromatic carbocycles. The summed E-state index contributed by atoms with van der Waals surface area (Å²) in [5.41, 5.74) is 5.49. The number of aliphatic hydroxyl groups is 1. The summed E-state index contributed by atoms with van der Waals surface area (Å²) in [6.45, 7) is 1.55. The zero-order valence-corrected chi connectivity index (χ0v) is 13.7. The van der Waals surface area contributed by atoms with Crippen LogP contribution in [-0.4, -0.2) is 32.0 Å². The number of aromatic nitrogens is 1. The minimum absolute atomic E-state index is 0.180. The van der Waals surface area contributed by atoms with Gasteiger partial charge in [-0.1, -0.05) is 11.8 Å². The number of rotatable bonds is 3. The van der Waals surface area contributed by atoms with Crippen molar-refractivity contribution in [3.63, 3.8) is 0 Å². The molecule has 1 rings (SSSR count). The first-order valence-corrected chi connectivity index (χ1v) is 7.90. The van der Waals surface area contributed by atoms with Crippen molar-refractivity contribution in [1.29, 1.82) is 0 Å². The summed E-state index contributed by atoms with van der Waals surface area (Å²) in [6, 6.07) is 0. The summed E-state index contributed by atoms with van der Waals surface area (Å²) in [6.07, 6.45) is 4.82. The molecule has 1 aromatic heterocycles. The molecule has 0 unspecified atom stereocenters. The van der Waals surface area contributed by atoms with Crippen molar-refractivity contribution in [2.45, 2.75) is 13.5 Å². The van der Waals surface area contributed by atoms with Gasteiger partial charge >= 0.3 is 24.8 Å². The Bertz CT molecular complexity index is 461. The minimum atomic E-state index is -0.180. The molecule has 0 radical (unpaired) electrons. The summed E-state index contributed by atoms with van der Waals surface area (Å²) in [4.78, 5) is 4.01. The Morgan fingerprint density at radius 2 is 2.37 bits per heavy atom. The first-order valence-electron chi connectivity index (χ1n) is 4.87. The summed E-state index contributed by atoms with van der Waals surface area (Å²) < 4.78 is 0.532. The molecule has 3 N–H and O–H groups in total. The van der Waals surface area contributed by atoms with Crippen LogP contribution < -0.4 is 0 Å². The molecule has 0 aliphatic rings. The third-order valence-electron chi connectivity index (χ3n) is 2.07. The van der Waals surface area contributed by atoms with E-state index in [1.54, 1.807) is 6.92 Å². The summed E-state index contributed by atoms with van der Waals surface area (Å²) in [7, 11) is 4.26. The second kappa shape index (κ2) is 10.4. The maximum atomic E-state index is 9.15. The van der Waals surface area contributed by atoms with Crippen molar-refractivity contribution in [1.82, 2.24) is 4.98 Å². The average Bonchev–Trinajstić information content (AvgIpc) is 2.45. The van der Waals surface area contributed by atoms with Gasteiger partial charge in [0.25, 0.3) is 5.75 Å². The van der Waals surface area contributed by atoms with Crippen LogP contribution in [0.15, 0.2) is 11.3 Å². The Hall–Kier alpha value is -0.396. The molecular weight excluding hydrogens is 352 g/mol. The molecule has 19 heavy (non-hydrogen) atoms. The molecule has 1 aromatic rings. The second-order valence-electron chi connectivity index (χ2n) is 3.15. The van der Waals surface area contributed by atoms with Crippen LogP contribution in [0.1, 0.15) is 16.8 Å². The van der Waals surface area contributed by atoms with Crippen LogP contribution >= 0.6 is 22.0 Å². The number of nitrogens with zero attached hydrogens (tertiary/aromatic N) is 3. The fourth-order valence-corrected chi connectivity index (χ4v) is 1.29. The van der Waals surface area contributed by atoms with E-state index in [2.05, 4.69) is 52.5 Å². The topological polar surface area (TPSA) is 82.5 Å². The van der Waals surface area contributed by atoms with Crippen LogP contribution in [0, 0.1) is 6.92 Å². The van der Waals surface area contributed by atoms with E-state index in [4.69, 9.17) is 10.2 Å². The van der Waals surface area contributed by atoms with Gasteiger partial charge in [-0.25, -0.2) is 0 Å². The predicted octanol–water partition coefficient (Wildman–Crippen LogP) is 1.44. The number of thiol groups is 1. The van der Waals surface area contributed by atoms with E-state index in [1.807, 2.05) is 6.26 Å². The Morgan fingerprint density at radius 1 is 1.74 bits per heavy atom. The summed E-state index contributed by atoms with van der Waals surface area (Å²) in [5.74, 6) is 0.250. The average molecular weight is 367 g/mol. The van der Waals surface area contributed by atoms with Gasteiger partial charge in [-0.05, 0) is 13.2 Å². The fourth-order valence-electron chi connectivity index (χ4n) is 1.11. The van der Waals surface area contributed by atoms with Gasteiger partial charge in [0.1, 0.15) is 5.69 Å². The van der Waals surface area contributed by atoms with Gasteiger partial charge < -0.3 is 20.7 Å². The molecule has 0 saturated carbocycles. The van der Waals surface area contributed by atoms with E-state index < -0.39 is 0 Å². The molecule has 9 heteroatoms. The third kappa shape index (κ3) is 6.06. The summed E-state index contributed by atoms with van der Waals surface area (Å²) >= 11 is 8.78. The van der Waals surface area contributed by atoms with Gasteiger partial charge in [0.2, 0.25) is 0 Å². The van der Waals surface area contributed by atoms with Gasteiger partial charge in [-0.2, -0.15) is 0 Å². The van der Waals surface area contributed by atoms with Crippen LogP contribution in [0.4, 0.5) is 0 Å². The molecule has 0 amide bonds. The number of halogens is 1. The van der Waals surface area contributed by atoms with E-state index in [-0.39, 0.29) is 12.4 Å². The van der Waals surface area contributed by atoms with Crippen molar-refractivity contribution in [3.8, 4) is 5.75 Å². The second-order valence-corrected chi connectivity index (χ2v) is 4.67. The summed E-state index contributed by atoms with van der Waals surface area (Å²) in [5, 5.41) is 20.8. The molecule has 0 spiro atoms. The molecule has 0 aliphatic heterocycles. The quantitative estimate of drug-likeness (QED) is 0.219. The molecule has 1 heterocycles. The van der Waals surface area contributed by atoms with E-state index in [9.17, 15) is 0 Å². The molecule has 5 nitrogen and oxygen atoms in total. The van der Waals surface area contributed by atoms with Crippen molar-refractivity contribution in [3.05, 3.63) is 28.4 Å². The molecule has 0 saturated heterocycles. The van der Waals surface area contributed by atoms with E-state index >= 15 is 0 Å². The van der Waals surface area contributed by atoms with Gasteiger partial charge in [0.15, 0.2) is 16.5 Å². The van der Waals surface area contributed by atoms with Crippen LogP contribution in [0.2, 0.25) is 0 Å². The predicted molar refractivity (Wildman–Crippen MR) is 82.0 cm³/mol. The van der Waals surface area contributed by atoms with E-state index in [0.29, 0.717) is 21.1 Å². The molecule has 0 atom stereocenters. The maximum absolute atomic E-state index is 9.15. The molecule has 0 aliphatic carbocycles. The Balaban J connectivity index is 0.00000154.